The molecule has 38 heavy (non-hydrogen) atoms. The van der Waals surface area contributed by atoms with Crippen molar-refractivity contribution in [3.8, 4) is 0 Å². The van der Waals surface area contributed by atoms with Crippen molar-refractivity contribution in [2.75, 3.05) is 20.3 Å². The Labute approximate surface area is 229 Å². The van der Waals surface area contributed by atoms with Gasteiger partial charge in [0.15, 0.2) is 0 Å². The van der Waals surface area contributed by atoms with Crippen LogP contribution in [0.5, 0.6) is 0 Å². The topological polar surface area (TPSA) is 85.8 Å². The van der Waals surface area contributed by atoms with Crippen LogP contribution in [0, 0.1) is 5.41 Å². The lowest BCUT2D eigenvalue weighted by Gasteiger charge is -2.32. The molecule has 2 rings (SSSR count). The monoisotopic (exact) mass is 518 g/mol. The van der Waals surface area contributed by atoms with Crippen molar-refractivity contribution in [1.29, 1.82) is 0 Å². The molecule has 0 heterocycles. The molecule has 0 saturated carbocycles. The maximum Gasteiger partial charge on any atom is 0.255 e. The van der Waals surface area contributed by atoms with E-state index in [0.717, 1.165) is 36.1 Å². The van der Waals surface area contributed by atoms with Crippen molar-refractivity contribution in [3.05, 3.63) is 94.6 Å². The number of carbonyl (C=O) groups excluding carboxylic acids is 1. The Balaban J connectivity index is 2.19. The molecule has 6 heteroatoms. The number of hydrogen-bond donors (Lipinski definition) is 4. The molecule has 0 aromatic heterocycles. The van der Waals surface area contributed by atoms with Crippen molar-refractivity contribution >= 4 is 11.6 Å². The third-order valence-corrected chi connectivity index (χ3v) is 7.13. The molecule has 1 aromatic rings. The molecule has 0 aliphatic heterocycles. The SMILES string of the molecule is CCC(C)(C)c1cccc(C(=O)NC2=CCC(C)(C)C(/C(C)=C/C(C)=NCC(/C=C\NCNC)=C/O)=C2)c1. The van der Waals surface area contributed by atoms with Crippen molar-refractivity contribution in [3.63, 3.8) is 0 Å². The summed E-state index contributed by atoms with van der Waals surface area (Å²) < 4.78 is 0. The summed E-state index contributed by atoms with van der Waals surface area (Å²) in [6, 6.07) is 7.93. The minimum atomic E-state index is -0.0970. The van der Waals surface area contributed by atoms with Crippen LogP contribution in [0.4, 0.5) is 0 Å². The van der Waals surface area contributed by atoms with Crippen molar-refractivity contribution in [2.45, 2.75) is 66.7 Å². The zero-order valence-electron chi connectivity index (χ0n) is 24.4. The van der Waals surface area contributed by atoms with Crippen molar-refractivity contribution < 1.29 is 9.90 Å². The Morgan fingerprint density at radius 1 is 1.24 bits per heavy atom. The summed E-state index contributed by atoms with van der Waals surface area (Å²) in [6.45, 7) is 16.0. The fourth-order valence-corrected chi connectivity index (χ4v) is 4.22. The number of carbonyl (C=O) groups is 1. The second kappa shape index (κ2) is 14.0. The van der Waals surface area contributed by atoms with E-state index in [2.05, 4.69) is 86.8 Å². The van der Waals surface area contributed by atoms with Gasteiger partial charge in [-0.3, -0.25) is 9.79 Å². The van der Waals surface area contributed by atoms with Gasteiger partial charge < -0.3 is 21.1 Å². The molecule has 6 nitrogen and oxygen atoms in total. The third-order valence-electron chi connectivity index (χ3n) is 7.13. The highest BCUT2D eigenvalue weighted by Crippen LogP contribution is 2.39. The van der Waals surface area contributed by atoms with E-state index in [-0.39, 0.29) is 16.7 Å². The molecule has 0 fully saturated rings. The highest BCUT2D eigenvalue weighted by atomic mass is 16.2. The number of aliphatic imine (C=N–C) groups is 1. The van der Waals surface area contributed by atoms with E-state index in [0.29, 0.717) is 24.4 Å². The number of hydrogen-bond acceptors (Lipinski definition) is 5. The first-order valence-electron chi connectivity index (χ1n) is 13.3. The molecule has 1 aliphatic carbocycles. The van der Waals surface area contributed by atoms with E-state index >= 15 is 0 Å². The summed E-state index contributed by atoms with van der Waals surface area (Å²) in [6.07, 6.45) is 12.7. The Morgan fingerprint density at radius 2 is 1.97 bits per heavy atom. The van der Waals surface area contributed by atoms with Crippen LogP contribution < -0.4 is 16.0 Å². The molecule has 206 valence electrons. The van der Waals surface area contributed by atoms with Crippen LogP contribution in [0.15, 0.2) is 88.4 Å². The lowest BCUT2D eigenvalue weighted by molar-refractivity contribution is 0.0966. The van der Waals surface area contributed by atoms with E-state index < -0.39 is 0 Å². The molecule has 1 aliphatic rings. The molecule has 4 N–H and O–H groups in total. The molecule has 0 unspecified atom stereocenters. The first-order chi connectivity index (χ1) is 17.9. The summed E-state index contributed by atoms with van der Waals surface area (Å²) in [7, 11) is 1.86. The smallest absolute Gasteiger partial charge is 0.255 e. The fraction of sp³-hybridized carbons (Fsp3) is 0.438. The van der Waals surface area contributed by atoms with Gasteiger partial charge in [0.2, 0.25) is 0 Å². The van der Waals surface area contributed by atoms with E-state index in [1.54, 1.807) is 12.3 Å². The van der Waals surface area contributed by atoms with Crippen LogP contribution in [0.3, 0.4) is 0 Å². The van der Waals surface area contributed by atoms with Crippen molar-refractivity contribution in [1.82, 2.24) is 16.0 Å². The van der Waals surface area contributed by atoms with E-state index in [1.807, 2.05) is 32.2 Å². The first kappa shape index (κ1) is 30.8. The van der Waals surface area contributed by atoms with Gasteiger partial charge in [0.1, 0.15) is 0 Å². The largest absolute Gasteiger partial charge is 0.515 e. The zero-order chi connectivity index (χ0) is 28.3. The predicted molar refractivity (Wildman–Crippen MR) is 160 cm³/mol. The Bertz CT molecular complexity index is 1160. The standard InChI is InChI=1S/C32H46N4O2/c1-9-31(4,5)27-12-10-11-26(18-27)30(38)36-28-13-15-32(6,7)29(19-28)23(2)17-24(3)35-20-25(21-37)14-16-34-22-33-8/h10-14,16-19,21,33-34,37H,9,15,20,22H2,1-8H3,(H,36,38)/b16-14-,23-17+,25-21+,35-24?. The molecule has 0 spiro atoms. The molecular formula is C32H46N4O2. The number of amides is 1. The Hall–Kier alpha value is -3.38. The molecule has 0 bridgehead atoms. The molecule has 0 radical (unpaired) electrons. The quantitative estimate of drug-likeness (QED) is 0.0839. The van der Waals surface area contributed by atoms with Gasteiger partial charge >= 0.3 is 0 Å². The molecule has 1 amide bonds. The second-order valence-electron chi connectivity index (χ2n) is 11.1. The van der Waals surface area contributed by atoms with Crippen LogP contribution in [-0.2, 0) is 5.41 Å². The highest BCUT2D eigenvalue weighted by Gasteiger charge is 2.27. The predicted octanol–water partition coefficient (Wildman–Crippen LogP) is 6.47. The first-order valence-corrected chi connectivity index (χ1v) is 13.3. The summed E-state index contributed by atoms with van der Waals surface area (Å²) in [4.78, 5) is 17.8. The maximum atomic E-state index is 13.1. The van der Waals surface area contributed by atoms with Gasteiger partial charge in [-0.1, -0.05) is 52.8 Å². The molecule has 1 aromatic carbocycles. The lowest BCUT2D eigenvalue weighted by Crippen LogP contribution is -2.27. The summed E-state index contributed by atoms with van der Waals surface area (Å²) in [5.41, 5.74) is 6.44. The van der Waals surface area contributed by atoms with Gasteiger partial charge in [0, 0.05) is 22.5 Å². The van der Waals surface area contributed by atoms with E-state index in [1.165, 1.54) is 11.1 Å². The van der Waals surface area contributed by atoms with Crippen LogP contribution >= 0.6 is 0 Å². The van der Waals surface area contributed by atoms with Gasteiger partial charge in [-0.2, -0.15) is 0 Å². The van der Waals surface area contributed by atoms with Crippen molar-refractivity contribution in [2.24, 2.45) is 10.4 Å². The van der Waals surface area contributed by atoms with Crippen LogP contribution in [-0.4, -0.2) is 37.0 Å². The van der Waals surface area contributed by atoms with Gasteiger partial charge in [0.25, 0.3) is 5.91 Å². The number of benzene rings is 1. The summed E-state index contributed by atoms with van der Waals surface area (Å²) >= 11 is 0. The van der Waals surface area contributed by atoms with Crippen LogP contribution in [0.25, 0.3) is 0 Å². The fourth-order valence-electron chi connectivity index (χ4n) is 4.22. The normalized spacial score (nSPS) is 16.8. The number of nitrogens with one attached hydrogen (secondary N) is 3. The van der Waals surface area contributed by atoms with Gasteiger partial charge in [0.05, 0.1) is 19.5 Å². The minimum Gasteiger partial charge on any atom is -0.515 e. The molecular weight excluding hydrogens is 472 g/mol. The van der Waals surface area contributed by atoms with Crippen LogP contribution in [0.2, 0.25) is 0 Å². The average molecular weight is 519 g/mol. The number of rotatable bonds is 12. The summed E-state index contributed by atoms with van der Waals surface area (Å²) in [5.74, 6) is -0.0970. The number of nitrogens with zero attached hydrogens (tertiary/aromatic N) is 1. The molecule has 0 atom stereocenters. The number of aliphatic hydroxyl groups excluding tert-OH is 1. The Morgan fingerprint density at radius 3 is 2.63 bits per heavy atom. The third kappa shape index (κ3) is 8.88. The summed E-state index contributed by atoms with van der Waals surface area (Å²) in [5, 5.41) is 18.7. The number of aliphatic hydroxyl groups is 1. The zero-order valence-corrected chi connectivity index (χ0v) is 24.4. The highest BCUT2D eigenvalue weighted by molar-refractivity contribution is 5.96. The second-order valence-corrected chi connectivity index (χ2v) is 11.1. The Kier molecular flexibility index (Phi) is 11.3. The molecule has 0 saturated heterocycles. The minimum absolute atomic E-state index is 0.0201. The van der Waals surface area contributed by atoms with E-state index in [4.69, 9.17) is 0 Å². The average Bonchev–Trinajstić information content (AvgIpc) is 2.89. The maximum absolute atomic E-state index is 13.1. The van der Waals surface area contributed by atoms with Crippen LogP contribution in [0.1, 0.15) is 77.2 Å². The van der Waals surface area contributed by atoms with E-state index in [9.17, 15) is 9.90 Å². The lowest BCUT2D eigenvalue weighted by atomic mass is 9.74. The number of allylic oxidation sites excluding steroid dienone is 5. The van der Waals surface area contributed by atoms with Gasteiger partial charge in [-0.15, -0.1) is 0 Å². The van der Waals surface area contributed by atoms with Gasteiger partial charge in [-0.25, -0.2) is 0 Å². The van der Waals surface area contributed by atoms with Gasteiger partial charge in [-0.05, 0) is 97.8 Å².